The molecule has 0 fully saturated rings. The van der Waals surface area contributed by atoms with Crippen molar-refractivity contribution in [3.8, 4) is 5.69 Å². The number of amides is 1. The van der Waals surface area contributed by atoms with Crippen molar-refractivity contribution in [3.05, 3.63) is 94.8 Å². The Balaban J connectivity index is 1.51. The molecule has 0 aliphatic carbocycles. The maximum absolute atomic E-state index is 12.9. The van der Waals surface area contributed by atoms with Crippen molar-refractivity contribution in [2.45, 2.75) is 26.8 Å². The van der Waals surface area contributed by atoms with Gasteiger partial charge in [0, 0.05) is 29.6 Å². The zero-order valence-corrected chi connectivity index (χ0v) is 17.6. The average molecular weight is 420 g/mol. The number of aromatic nitrogens is 4. The van der Waals surface area contributed by atoms with Crippen LogP contribution in [-0.4, -0.2) is 25.2 Å². The number of imidazole rings is 1. The second kappa shape index (κ2) is 8.55. The van der Waals surface area contributed by atoms with Crippen LogP contribution in [-0.2, 0) is 13.0 Å². The highest BCUT2D eigenvalue weighted by molar-refractivity contribution is 6.30. The summed E-state index contributed by atoms with van der Waals surface area (Å²) in [5.74, 6) is 0.787. The van der Waals surface area contributed by atoms with Crippen LogP contribution in [0.3, 0.4) is 0 Å². The molecule has 0 atom stereocenters. The lowest BCUT2D eigenvalue weighted by molar-refractivity contribution is 0.102. The molecule has 6 nitrogen and oxygen atoms in total. The third kappa shape index (κ3) is 4.14. The maximum Gasteiger partial charge on any atom is 0.259 e. The van der Waals surface area contributed by atoms with Gasteiger partial charge in [0.1, 0.15) is 5.82 Å². The molecular formula is C23H22ClN5O. The molecule has 0 bridgehead atoms. The summed E-state index contributed by atoms with van der Waals surface area (Å²) < 4.78 is 3.84. The third-order valence-electron chi connectivity index (χ3n) is 4.99. The van der Waals surface area contributed by atoms with Gasteiger partial charge in [-0.2, -0.15) is 5.10 Å². The van der Waals surface area contributed by atoms with E-state index in [4.69, 9.17) is 11.6 Å². The number of nitrogens with zero attached hydrogens (tertiary/aromatic N) is 4. The molecule has 1 amide bonds. The highest BCUT2D eigenvalue weighted by Crippen LogP contribution is 2.20. The SMILES string of the molecule is CCc1c(C(=O)Nc2ccc(Cn3ccnc3C)cc2)cnn1-c1cccc(Cl)c1. The van der Waals surface area contributed by atoms with Gasteiger partial charge in [0.05, 0.1) is 23.1 Å². The Kier molecular flexibility index (Phi) is 5.68. The van der Waals surface area contributed by atoms with Crippen LogP contribution in [0.5, 0.6) is 0 Å². The molecule has 7 heteroatoms. The largest absolute Gasteiger partial charge is 0.331 e. The number of benzene rings is 2. The van der Waals surface area contributed by atoms with E-state index < -0.39 is 0 Å². The molecular weight excluding hydrogens is 398 g/mol. The molecule has 0 saturated carbocycles. The van der Waals surface area contributed by atoms with Crippen LogP contribution in [0.1, 0.15) is 34.4 Å². The van der Waals surface area contributed by atoms with Crippen LogP contribution in [0.2, 0.25) is 5.02 Å². The van der Waals surface area contributed by atoms with E-state index in [1.165, 1.54) is 0 Å². The van der Waals surface area contributed by atoms with Gasteiger partial charge < -0.3 is 9.88 Å². The standard InChI is InChI=1S/C23H22ClN5O/c1-3-22-21(14-26-29(22)20-6-4-5-18(24)13-20)23(30)27-19-9-7-17(8-10-19)15-28-12-11-25-16(28)2/h4-14H,3,15H2,1-2H3,(H,27,30). The average Bonchev–Trinajstić information content (AvgIpc) is 3.35. The van der Waals surface area contributed by atoms with E-state index in [1.807, 2.05) is 68.6 Å². The fourth-order valence-corrected chi connectivity index (χ4v) is 3.58. The van der Waals surface area contributed by atoms with Gasteiger partial charge in [0.15, 0.2) is 0 Å². The summed E-state index contributed by atoms with van der Waals surface area (Å²) in [4.78, 5) is 17.1. The van der Waals surface area contributed by atoms with E-state index in [-0.39, 0.29) is 5.91 Å². The van der Waals surface area contributed by atoms with Crippen LogP contribution in [0.4, 0.5) is 5.69 Å². The van der Waals surface area contributed by atoms with Crippen molar-refractivity contribution in [1.29, 1.82) is 0 Å². The molecule has 4 aromatic rings. The van der Waals surface area contributed by atoms with Crippen LogP contribution < -0.4 is 5.32 Å². The van der Waals surface area contributed by atoms with E-state index in [9.17, 15) is 4.79 Å². The van der Waals surface area contributed by atoms with Crippen molar-refractivity contribution < 1.29 is 4.79 Å². The topological polar surface area (TPSA) is 64.7 Å². The number of carbonyl (C=O) groups is 1. The van der Waals surface area contributed by atoms with Gasteiger partial charge in [-0.15, -0.1) is 0 Å². The lowest BCUT2D eigenvalue weighted by Gasteiger charge is -2.10. The van der Waals surface area contributed by atoms with E-state index in [2.05, 4.69) is 20.0 Å². The van der Waals surface area contributed by atoms with E-state index >= 15 is 0 Å². The minimum Gasteiger partial charge on any atom is -0.331 e. The van der Waals surface area contributed by atoms with Crippen LogP contribution >= 0.6 is 11.6 Å². The number of rotatable bonds is 6. The normalized spacial score (nSPS) is 10.9. The number of nitrogens with one attached hydrogen (secondary N) is 1. The van der Waals surface area contributed by atoms with Crippen molar-refractivity contribution in [2.75, 3.05) is 5.32 Å². The zero-order chi connectivity index (χ0) is 21.1. The Hall–Kier alpha value is -3.38. The van der Waals surface area contributed by atoms with Gasteiger partial charge >= 0.3 is 0 Å². The van der Waals surface area contributed by atoms with E-state index in [0.717, 1.165) is 35.0 Å². The lowest BCUT2D eigenvalue weighted by atomic mass is 10.1. The third-order valence-corrected chi connectivity index (χ3v) is 5.22. The highest BCUT2D eigenvalue weighted by Gasteiger charge is 2.17. The molecule has 1 N–H and O–H groups in total. The van der Waals surface area contributed by atoms with Gasteiger partial charge in [-0.1, -0.05) is 36.7 Å². The minimum absolute atomic E-state index is 0.182. The number of aryl methyl sites for hydroxylation is 1. The second-order valence-corrected chi connectivity index (χ2v) is 7.44. The summed E-state index contributed by atoms with van der Waals surface area (Å²) in [7, 11) is 0. The number of anilines is 1. The number of halogens is 1. The summed E-state index contributed by atoms with van der Waals surface area (Å²) in [6, 6.07) is 15.3. The predicted octanol–water partition coefficient (Wildman–Crippen LogP) is 4.89. The highest BCUT2D eigenvalue weighted by atomic mass is 35.5. The molecule has 0 aliphatic heterocycles. The zero-order valence-electron chi connectivity index (χ0n) is 16.8. The molecule has 0 unspecified atom stereocenters. The van der Waals surface area contributed by atoms with Crippen LogP contribution in [0.15, 0.2) is 67.1 Å². The van der Waals surface area contributed by atoms with Crippen LogP contribution in [0, 0.1) is 6.92 Å². The Morgan fingerprint density at radius 1 is 1.17 bits per heavy atom. The molecule has 2 aromatic heterocycles. The first-order chi connectivity index (χ1) is 14.5. The molecule has 152 valence electrons. The van der Waals surface area contributed by atoms with E-state index in [1.54, 1.807) is 17.1 Å². The molecule has 0 saturated heterocycles. The van der Waals surface area contributed by atoms with Crippen LogP contribution in [0.25, 0.3) is 5.69 Å². The Labute approximate surface area is 180 Å². The number of carbonyl (C=O) groups excluding carboxylic acids is 1. The fraction of sp³-hybridized carbons (Fsp3) is 0.174. The first-order valence-electron chi connectivity index (χ1n) is 9.76. The minimum atomic E-state index is -0.182. The first-order valence-corrected chi connectivity index (χ1v) is 10.1. The van der Waals surface area contributed by atoms with Gasteiger partial charge in [-0.25, -0.2) is 9.67 Å². The fourth-order valence-electron chi connectivity index (χ4n) is 3.39. The second-order valence-electron chi connectivity index (χ2n) is 7.00. The molecule has 4 rings (SSSR count). The predicted molar refractivity (Wildman–Crippen MR) is 118 cm³/mol. The van der Waals surface area contributed by atoms with Crippen molar-refractivity contribution in [1.82, 2.24) is 19.3 Å². The first kappa shape index (κ1) is 19.9. The molecule has 0 radical (unpaired) electrons. The monoisotopic (exact) mass is 419 g/mol. The summed E-state index contributed by atoms with van der Waals surface area (Å²) in [6.07, 6.45) is 6.01. The maximum atomic E-state index is 12.9. The van der Waals surface area contributed by atoms with Crippen molar-refractivity contribution in [3.63, 3.8) is 0 Å². The smallest absolute Gasteiger partial charge is 0.259 e. The summed E-state index contributed by atoms with van der Waals surface area (Å²) in [5.41, 5.74) is 4.09. The van der Waals surface area contributed by atoms with E-state index in [0.29, 0.717) is 17.0 Å². The summed E-state index contributed by atoms with van der Waals surface area (Å²) in [5, 5.41) is 8.01. The Morgan fingerprint density at radius 3 is 2.63 bits per heavy atom. The molecule has 2 heterocycles. The molecule has 0 spiro atoms. The molecule has 2 aromatic carbocycles. The lowest BCUT2D eigenvalue weighted by Crippen LogP contribution is -2.14. The summed E-state index contributed by atoms with van der Waals surface area (Å²) in [6.45, 7) is 4.72. The van der Waals surface area contributed by atoms with Gasteiger partial charge in [-0.05, 0) is 49.2 Å². The van der Waals surface area contributed by atoms with Gasteiger partial charge in [-0.3, -0.25) is 4.79 Å². The molecule has 30 heavy (non-hydrogen) atoms. The van der Waals surface area contributed by atoms with Crippen molar-refractivity contribution >= 4 is 23.2 Å². The number of hydrogen-bond acceptors (Lipinski definition) is 3. The Bertz CT molecular complexity index is 1180. The quantitative estimate of drug-likeness (QED) is 0.483. The molecule has 0 aliphatic rings. The van der Waals surface area contributed by atoms with Gasteiger partial charge in [0.25, 0.3) is 5.91 Å². The van der Waals surface area contributed by atoms with Crippen molar-refractivity contribution in [2.24, 2.45) is 0 Å². The Morgan fingerprint density at radius 2 is 1.97 bits per heavy atom. The summed E-state index contributed by atoms with van der Waals surface area (Å²) >= 11 is 6.11. The number of hydrogen-bond donors (Lipinski definition) is 1. The van der Waals surface area contributed by atoms with Gasteiger partial charge in [0.2, 0.25) is 0 Å².